The van der Waals surface area contributed by atoms with Crippen molar-refractivity contribution in [1.29, 1.82) is 0 Å². The van der Waals surface area contributed by atoms with Gasteiger partial charge in [0.15, 0.2) is 0 Å². The fourth-order valence-electron chi connectivity index (χ4n) is 2.33. The molecule has 124 valence electrons. The molecule has 0 spiro atoms. The molecule has 0 atom stereocenters. The molecule has 0 aliphatic rings. The van der Waals surface area contributed by atoms with Gasteiger partial charge in [-0.05, 0) is 42.8 Å². The maximum Gasteiger partial charge on any atom is 0.247 e. The van der Waals surface area contributed by atoms with Gasteiger partial charge in [0.05, 0.1) is 26.5 Å². The molecule has 0 aliphatic heterocycles. The van der Waals surface area contributed by atoms with Gasteiger partial charge in [0.25, 0.3) is 0 Å². The first-order chi connectivity index (χ1) is 11.7. The number of nitrogens with one attached hydrogen (secondary N) is 1. The Labute approximate surface area is 140 Å². The summed E-state index contributed by atoms with van der Waals surface area (Å²) in [6.45, 7) is 2.44. The molecule has 3 aromatic rings. The Morgan fingerprint density at radius 3 is 2.71 bits per heavy atom. The van der Waals surface area contributed by atoms with E-state index in [2.05, 4.69) is 15.5 Å². The molecule has 0 bridgehead atoms. The molecular formula is C18H19N3O3. The van der Waals surface area contributed by atoms with Gasteiger partial charge in [-0.2, -0.15) is 0 Å². The van der Waals surface area contributed by atoms with Gasteiger partial charge < -0.3 is 19.2 Å². The van der Waals surface area contributed by atoms with Crippen LogP contribution in [0.5, 0.6) is 11.5 Å². The number of nitrogens with zero attached hydrogens (tertiary/aromatic N) is 2. The van der Waals surface area contributed by atoms with E-state index >= 15 is 0 Å². The van der Waals surface area contributed by atoms with Gasteiger partial charge in [-0.1, -0.05) is 12.1 Å². The lowest BCUT2D eigenvalue weighted by molar-refractivity contribution is 0.414. The summed E-state index contributed by atoms with van der Waals surface area (Å²) in [6, 6.07) is 13.4. The lowest BCUT2D eigenvalue weighted by Crippen LogP contribution is -2.02. The second kappa shape index (κ2) is 7.04. The van der Waals surface area contributed by atoms with Crippen LogP contribution >= 0.6 is 0 Å². The van der Waals surface area contributed by atoms with Crippen molar-refractivity contribution >= 4 is 5.69 Å². The molecule has 2 aromatic carbocycles. The Kier molecular flexibility index (Phi) is 4.65. The monoisotopic (exact) mass is 325 g/mol. The minimum Gasteiger partial charge on any atom is -0.497 e. The first kappa shape index (κ1) is 15.9. The van der Waals surface area contributed by atoms with Crippen molar-refractivity contribution in [2.24, 2.45) is 0 Å². The molecule has 0 aliphatic carbocycles. The second-order valence-corrected chi connectivity index (χ2v) is 5.29. The molecular weight excluding hydrogens is 306 g/mol. The highest BCUT2D eigenvalue weighted by molar-refractivity contribution is 5.58. The quantitative estimate of drug-likeness (QED) is 0.745. The first-order valence-electron chi connectivity index (χ1n) is 7.55. The van der Waals surface area contributed by atoms with Crippen molar-refractivity contribution in [3.05, 3.63) is 53.9 Å². The van der Waals surface area contributed by atoms with Crippen LogP contribution < -0.4 is 14.8 Å². The van der Waals surface area contributed by atoms with Gasteiger partial charge in [0, 0.05) is 5.56 Å². The number of ether oxygens (including phenoxy) is 2. The van der Waals surface area contributed by atoms with Crippen molar-refractivity contribution in [3.8, 4) is 23.0 Å². The number of hydrogen-bond acceptors (Lipinski definition) is 6. The molecule has 0 fully saturated rings. The van der Waals surface area contributed by atoms with Crippen LogP contribution in [0.2, 0.25) is 0 Å². The van der Waals surface area contributed by atoms with Gasteiger partial charge in [-0.25, -0.2) is 0 Å². The largest absolute Gasteiger partial charge is 0.497 e. The maximum absolute atomic E-state index is 5.71. The van der Waals surface area contributed by atoms with Crippen LogP contribution in [0.15, 0.2) is 46.9 Å². The Morgan fingerprint density at radius 2 is 1.92 bits per heavy atom. The molecule has 24 heavy (non-hydrogen) atoms. The van der Waals surface area contributed by atoms with Crippen LogP contribution in [0, 0.1) is 6.92 Å². The molecule has 3 rings (SSSR count). The Hall–Kier alpha value is -3.02. The van der Waals surface area contributed by atoms with E-state index in [0.29, 0.717) is 18.3 Å². The molecule has 6 nitrogen and oxygen atoms in total. The SMILES string of the molecule is COc1cccc(-c2nnc(CNc3cc(C)ccc3OC)o2)c1. The number of aromatic nitrogens is 2. The summed E-state index contributed by atoms with van der Waals surface area (Å²) >= 11 is 0. The average molecular weight is 325 g/mol. The summed E-state index contributed by atoms with van der Waals surface area (Å²) in [5, 5.41) is 11.4. The van der Waals surface area contributed by atoms with E-state index in [1.165, 1.54) is 0 Å². The van der Waals surface area contributed by atoms with E-state index in [-0.39, 0.29) is 0 Å². The van der Waals surface area contributed by atoms with Gasteiger partial charge >= 0.3 is 0 Å². The molecule has 6 heteroatoms. The molecule has 0 saturated carbocycles. The van der Waals surface area contributed by atoms with E-state index in [9.17, 15) is 0 Å². The van der Waals surface area contributed by atoms with E-state index in [1.807, 2.05) is 49.4 Å². The van der Waals surface area contributed by atoms with Crippen molar-refractivity contribution < 1.29 is 13.9 Å². The summed E-state index contributed by atoms with van der Waals surface area (Å²) in [4.78, 5) is 0. The minimum absolute atomic E-state index is 0.413. The van der Waals surface area contributed by atoms with Crippen LogP contribution in [0.3, 0.4) is 0 Å². The van der Waals surface area contributed by atoms with Crippen molar-refractivity contribution in [2.75, 3.05) is 19.5 Å². The molecule has 1 heterocycles. The molecule has 0 unspecified atom stereocenters. The number of methoxy groups -OCH3 is 2. The Bertz CT molecular complexity index is 830. The Balaban J connectivity index is 1.74. The predicted octanol–water partition coefficient (Wildman–Crippen LogP) is 3.67. The molecule has 0 amide bonds. The zero-order chi connectivity index (χ0) is 16.9. The van der Waals surface area contributed by atoms with Crippen molar-refractivity contribution in [1.82, 2.24) is 10.2 Å². The predicted molar refractivity (Wildman–Crippen MR) is 91.3 cm³/mol. The lowest BCUT2D eigenvalue weighted by atomic mass is 10.2. The van der Waals surface area contributed by atoms with Crippen LogP contribution in [0.25, 0.3) is 11.5 Å². The fourth-order valence-corrected chi connectivity index (χ4v) is 2.33. The summed E-state index contributed by atoms with van der Waals surface area (Å²) < 4.78 is 16.3. The fraction of sp³-hybridized carbons (Fsp3) is 0.222. The van der Waals surface area contributed by atoms with Crippen molar-refractivity contribution in [3.63, 3.8) is 0 Å². The summed E-state index contributed by atoms with van der Waals surface area (Å²) in [6.07, 6.45) is 0. The van der Waals surface area contributed by atoms with E-state index in [4.69, 9.17) is 13.9 Å². The van der Waals surface area contributed by atoms with E-state index in [0.717, 1.165) is 28.3 Å². The summed E-state index contributed by atoms with van der Waals surface area (Å²) in [5.41, 5.74) is 2.85. The third-order valence-corrected chi connectivity index (χ3v) is 3.57. The average Bonchev–Trinajstić information content (AvgIpc) is 3.09. The van der Waals surface area contributed by atoms with Gasteiger partial charge in [-0.15, -0.1) is 10.2 Å². The standard InChI is InChI=1S/C18H19N3O3/c1-12-7-8-16(23-3)15(9-12)19-11-17-20-21-18(24-17)13-5-4-6-14(10-13)22-2/h4-10,19H,11H2,1-3H3. The number of aryl methyl sites for hydroxylation is 1. The second-order valence-electron chi connectivity index (χ2n) is 5.29. The number of hydrogen-bond donors (Lipinski definition) is 1. The summed E-state index contributed by atoms with van der Waals surface area (Å²) in [7, 11) is 3.26. The number of benzene rings is 2. The highest BCUT2D eigenvalue weighted by Crippen LogP contribution is 2.26. The summed E-state index contributed by atoms with van der Waals surface area (Å²) in [5.74, 6) is 2.47. The third-order valence-electron chi connectivity index (χ3n) is 3.57. The molecule has 0 radical (unpaired) electrons. The van der Waals surface area contributed by atoms with Gasteiger partial charge in [0.1, 0.15) is 11.5 Å². The van der Waals surface area contributed by atoms with E-state index in [1.54, 1.807) is 14.2 Å². The van der Waals surface area contributed by atoms with E-state index < -0.39 is 0 Å². The topological polar surface area (TPSA) is 69.4 Å². The van der Waals surface area contributed by atoms with Crippen LogP contribution in [-0.4, -0.2) is 24.4 Å². The first-order valence-corrected chi connectivity index (χ1v) is 7.55. The molecule has 1 aromatic heterocycles. The van der Waals surface area contributed by atoms with Crippen LogP contribution in [-0.2, 0) is 6.54 Å². The lowest BCUT2D eigenvalue weighted by Gasteiger charge is -2.10. The smallest absolute Gasteiger partial charge is 0.247 e. The maximum atomic E-state index is 5.71. The van der Waals surface area contributed by atoms with Crippen molar-refractivity contribution in [2.45, 2.75) is 13.5 Å². The number of rotatable bonds is 6. The third kappa shape index (κ3) is 3.48. The highest BCUT2D eigenvalue weighted by atomic mass is 16.5. The van der Waals surface area contributed by atoms with Crippen LogP contribution in [0.1, 0.15) is 11.5 Å². The van der Waals surface area contributed by atoms with Gasteiger partial charge in [-0.3, -0.25) is 0 Å². The van der Waals surface area contributed by atoms with Gasteiger partial charge in [0.2, 0.25) is 11.8 Å². The molecule has 1 N–H and O–H groups in total. The Morgan fingerprint density at radius 1 is 1.04 bits per heavy atom. The highest BCUT2D eigenvalue weighted by Gasteiger charge is 2.10. The van der Waals surface area contributed by atoms with Crippen LogP contribution in [0.4, 0.5) is 5.69 Å². The molecule has 0 saturated heterocycles. The minimum atomic E-state index is 0.413. The zero-order valence-electron chi connectivity index (χ0n) is 13.9. The zero-order valence-corrected chi connectivity index (χ0v) is 13.9. The number of anilines is 1. The normalized spacial score (nSPS) is 10.5.